The maximum atomic E-state index is 13.8. The molecule has 1 N–H and O–H groups in total. The van der Waals surface area contributed by atoms with Crippen LogP contribution in [-0.4, -0.2) is 13.7 Å². The summed E-state index contributed by atoms with van der Waals surface area (Å²) in [7, 11) is 1.86. The van der Waals surface area contributed by atoms with Crippen LogP contribution in [-0.2, 0) is 0 Å². The van der Waals surface area contributed by atoms with Crippen molar-refractivity contribution < 1.29 is 9.13 Å². The Hall–Kier alpha value is -1.35. The van der Waals surface area contributed by atoms with Crippen LogP contribution < -0.4 is 10.1 Å². The summed E-state index contributed by atoms with van der Waals surface area (Å²) in [6.45, 7) is 6.24. The van der Waals surface area contributed by atoms with Crippen molar-refractivity contribution in [2.45, 2.75) is 38.6 Å². The molecule has 0 saturated heterocycles. The number of unbranched alkanes of at least 4 members (excludes halogenated alkanes) is 3. The van der Waals surface area contributed by atoms with Gasteiger partial charge in [-0.2, -0.15) is 0 Å². The third kappa shape index (κ3) is 5.43. The van der Waals surface area contributed by atoms with Crippen LogP contribution in [0.5, 0.6) is 5.75 Å². The zero-order valence-corrected chi connectivity index (χ0v) is 11.9. The standard InChI is InChI=1S/C16H24FNO/c1-4-5-6-7-8-11-19-16-10-9-14(12-15(16)17)13(2)18-3/h4,9-10,12-13,18H,1,5-8,11H2,2-3H3. The summed E-state index contributed by atoms with van der Waals surface area (Å²) >= 11 is 0. The molecule has 3 heteroatoms. The Labute approximate surface area is 115 Å². The first-order valence-corrected chi connectivity index (χ1v) is 6.89. The Morgan fingerprint density at radius 3 is 2.79 bits per heavy atom. The van der Waals surface area contributed by atoms with Crippen molar-refractivity contribution in [3.63, 3.8) is 0 Å². The van der Waals surface area contributed by atoms with Gasteiger partial charge in [0.15, 0.2) is 11.6 Å². The normalized spacial score (nSPS) is 12.2. The quantitative estimate of drug-likeness (QED) is 0.533. The largest absolute Gasteiger partial charge is 0.491 e. The zero-order valence-electron chi connectivity index (χ0n) is 11.9. The van der Waals surface area contributed by atoms with Crippen molar-refractivity contribution in [2.24, 2.45) is 0 Å². The van der Waals surface area contributed by atoms with Gasteiger partial charge in [-0.15, -0.1) is 6.58 Å². The smallest absolute Gasteiger partial charge is 0.165 e. The van der Waals surface area contributed by atoms with Crippen molar-refractivity contribution in [2.75, 3.05) is 13.7 Å². The summed E-state index contributed by atoms with van der Waals surface area (Å²) in [4.78, 5) is 0. The Kier molecular flexibility index (Phi) is 7.19. The summed E-state index contributed by atoms with van der Waals surface area (Å²) in [6.07, 6.45) is 6.10. The van der Waals surface area contributed by atoms with E-state index in [-0.39, 0.29) is 11.9 Å². The second-order valence-corrected chi connectivity index (χ2v) is 4.69. The van der Waals surface area contributed by atoms with E-state index in [9.17, 15) is 4.39 Å². The van der Waals surface area contributed by atoms with Gasteiger partial charge in [0.1, 0.15) is 0 Å². The highest BCUT2D eigenvalue weighted by Gasteiger charge is 2.08. The monoisotopic (exact) mass is 265 g/mol. The molecule has 1 rings (SSSR count). The lowest BCUT2D eigenvalue weighted by Gasteiger charge is -2.12. The molecule has 0 bridgehead atoms. The molecule has 2 nitrogen and oxygen atoms in total. The molecule has 0 aliphatic heterocycles. The first-order chi connectivity index (χ1) is 9.19. The third-order valence-electron chi connectivity index (χ3n) is 3.20. The highest BCUT2D eigenvalue weighted by molar-refractivity contribution is 5.30. The van der Waals surface area contributed by atoms with Crippen molar-refractivity contribution in [3.8, 4) is 5.75 Å². The van der Waals surface area contributed by atoms with E-state index in [0.29, 0.717) is 12.4 Å². The summed E-state index contributed by atoms with van der Waals surface area (Å²) in [5.41, 5.74) is 0.929. The highest BCUT2D eigenvalue weighted by atomic mass is 19.1. The molecule has 1 unspecified atom stereocenters. The first-order valence-electron chi connectivity index (χ1n) is 6.89. The predicted octanol–water partition coefficient (Wildman–Crippen LogP) is 4.23. The number of rotatable bonds is 9. The van der Waals surface area contributed by atoms with E-state index in [0.717, 1.165) is 31.2 Å². The van der Waals surface area contributed by atoms with E-state index < -0.39 is 0 Å². The maximum absolute atomic E-state index is 13.8. The van der Waals surface area contributed by atoms with Crippen LogP contribution >= 0.6 is 0 Å². The summed E-state index contributed by atoms with van der Waals surface area (Å²) in [6, 6.07) is 5.29. The van der Waals surface area contributed by atoms with Gasteiger partial charge in [-0.25, -0.2) is 4.39 Å². The molecule has 0 aliphatic carbocycles. The molecular weight excluding hydrogens is 241 g/mol. The molecule has 106 valence electrons. The van der Waals surface area contributed by atoms with Crippen LogP contribution in [0.15, 0.2) is 30.9 Å². The van der Waals surface area contributed by atoms with E-state index in [2.05, 4.69) is 11.9 Å². The molecule has 1 aromatic rings. The number of hydrogen-bond acceptors (Lipinski definition) is 2. The van der Waals surface area contributed by atoms with Crippen LogP contribution in [0.3, 0.4) is 0 Å². The molecule has 0 aromatic heterocycles. The second-order valence-electron chi connectivity index (χ2n) is 4.69. The topological polar surface area (TPSA) is 21.3 Å². The molecule has 1 aromatic carbocycles. The van der Waals surface area contributed by atoms with E-state index in [1.165, 1.54) is 6.07 Å². The third-order valence-corrected chi connectivity index (χ3v) is 3.20. The molecule has 1 atom stereocenters. The van der Waals surface area contributed by atoms with Gasteiger partial charge in [0.2, 0.25) is 0 Å². The van der Waals surface area contributed by atoms with Crippen molar-refractivity contribution >= 4 is 0 Å². The average Bonchev–Trinajstić information content (AvgIpc) is 2.43. The van der Waals surface area contributed by atoms with Crippen LogP contribution in [0.4, 0.5) is 4.39 Å². The fraction of sp³-hybridized carbons (Fsp3) is 0.500. The van der Waals surface area contributed by atoms with Gasteiger partial charge in [-0.3, -0.25) is 0 Å². The summed E-state index contributed by atoms with van der Waals surface area (Å²) in [5, 5.41) is 3.08. The van der Waals surface area contributed by atoms with E-state index >= 15 is 0 Å². The highest BCUT2D eigenvalue weighted by Crippen LogP contribution is 2.22. The minimum absolute atomic E-state index is 0.141. The summed E-state index contributed by atoms with van der Waals surface area (Å²) < 4.78 is 19.3. The van der Waals surface area contributed by atoms with Crippen LogP contribution in [0.2, 0.25) is 0 Å². The minimum atomic E-state index is -0.286. The van der Waals surface area contributed by atoms with E-state index in [1.54, 1.807) is 6.07 Å². The molecule has 19 heavy (non-hydrogen) atoms. The Morgan fingerprint density at radius 2 is 2.16 bits per heavy atom. The molecule has 0 amide bonds. The average molecular weight is 265 g/mol. The van der Waals surface area contributed by atoms with E-state index in [4.69, 9.17) is 4.74 Å². The molecule has 0 radical (unpaired) electrons. The number of halogens is 1. The molecular formula is C16H24FNO. The number of nitrogens with one attached hydrogen (secondary N) is 1. The zero-order chi connectivity index (χ0) is 14.1. The molecule has 0 saturated carbocycles. The van der Waals surface area contributed by atoms with Crippen LogP contribution in [0.25, 0.3) is 0 Å². The van der Waals surface area contributed by atoms with Gasteiger partial charge < -0.3 is 10.1 Å². The SMILES string of the molecule is C=CCCCCCOc1ccc(C(C)NC)cc1F. The fourth-order valence-corrected chi connectivity index (χ4v) is 1.82. The molecule has 0 aliphatic rings. The van der Waals surface area contributed by atoms with Crippen LogP contribution in [0.1, 0.15) is 44.2 Å². The lowest BCUT2D eigenvalue weighted by atomic mass is 10.1. The van der Waals surface area contributed by atoms with Gasteiger partial charge in [0, 0.05) is 6.04 Å². The van der Waals surface area contributed by atoms with Crippen molar-refractivity contribution in [1.82, 2.24) is 5.32 Å². The lowest BCUT2D eigenvalue weighted by molar-refractivity contribution is 0.290. The Morgan fingerprint density at radius 1 is 1.37 bits per heavy atom. The number of allylic oxidation sites excluding steroid dienone is 1. The lowest BCUT2D eigenvalue weighted by Crippen LogP contribution is -2.12. The van der Waals surface area contributed by atoms with Gasteiger partial charge in [-0.05, 0) is 57.4 Å². The number of hydrogen-bond donors (Lipinski definition) is 1. The first kappa shape index (κ1) is 15.7. The molecule has 0 fully saturated rings. The molecule has 0 heterocycles. The van der Waals surface area contributed by atoms with Gasteiger partial charge >= 0.3 is 0 Å². The summed E-state index contributed by atoms with van der Waals surface area (Å²) in [5.74, 6) is 0.0569. The van der Waals surface area contributed by atoms with Gasteiger partial charge in [0.05, 0.1) is 6.61 Å². The number of benzene rings is 1. The maximum Gasteiger partial charge on any atom is 0.165 e. The number of ether oxygens (including phenoxy) is 1. The second kappa shape index (κ2) is 8.70. The Bertz CT molecular complexity index is 392. The minimum Gasteiger partial charge on any atom is -0.491 e. The van der Waals surface area contributed by atoms with Gasteiger partial charge in [0.25, 0.3) is 0 Å². The van der Waals surface area contributed by atoms with Crippen molar-refractivity contribution in [1.29, 1.82) is 0 Å². The van der Waals surface area contributed by atoms with Gasteiger partial charge in [-0.1, -0.05) is 12.1 Å². The Balaban J connectivity index is 2.40. The molecule has 0 spiro atoms. The van der Waals surface area contributed by atoms with E-state index in [1.807, 2.05) is 26.1 Å². The fourth-order valence-electron chi connectivity index (χ4n) is 1.82. The van der Waals surface area contributed by atoms with Crippen molar-refractivity contribution in [3.05, 3.63) is 42.2 Å². The van der Waals surface area contributed by atoms with Crippen LogP contribution in [0, 0.1) is 5.82 Å². The predicted molar refractivity (Wildman–Crippen MR) is 78.0 cm³/mol.